The summed E-state index contributed by atoms with van der Waals surface area (Å²) in [5.41, 5.74) is 0. The molecule has 0 aromatic carbocycles. The number of nitrogens with one attached hydrogen (secondary N) is 3. The number of rotatable bonds is 7. The molecule has 0 aromatic rings. The van der Waals surface area contributed by atoms with E-state index in [1.807, 2.05) is 43.7 Å². The molecule has 0 rings (SSSR count). The van der Waals surface area contributed by atoms with Gasteiger partial charge >= 0.3 is 0 Å². The Morgan fingerprint density at radius 3 is 2.08 bits per heavy atom. The maximum atomic E-state index is 8.97. The van der Waals surface area contributed by atoms with Crippen LogP contribution in [0.1, 0.15) is 0 Å². The minimum absolute atomic E-state index is 0.327. The number of aliphatic hydroxyl groups is 1. The van der Waals surface area contributed by atoms with Crippen molar-refractivity contribution in [3.8, 4) is 0 Å². The highest BCUT2D eigenvalue weighted by Crippen LogP contribution is 1.98. The lowest BCUT2D eigenvalue weighted by Crippen LogP contribution is -2.66. The molecule has 0 heterocycles. The predicted octanol–water partition coefficient (Wildman–Crippen LogP) is -0.932. The number of hydrogen-bond acceptors (Lipinski definition) is 5. The van der Waals surface area contributed by atoms with E-state index in [1.165, 1.54) is 0 Å². The van der Waals surface area contributed by atoms with Crippen LogP contribution >= 0.6 is 22.6 Å². The number of halogens is 1. The Balaban J connectivity index is 3.81. The zero-order chi connectivity index (χ0) is 10.3. The van der Waals surface area contributed by atoms with Crippen molar-refractivity contribution in [1.29, 1.82) is 0 Å². The molecule has 0 spiro atoms. The Labute approximate surface area is 92.7 Å². The molecule has 1 unspecified atom stereocenters. The molecule has 0 fully saturated rings. The Kier molecular flexibility index (Phi) is 7.19. The largest absolute Gasteiger partial charge is 0.380 e. The normalized spacial score (nSPS) is 14.5. The van der Waals surface area contributed by atoms with Crippen molar-refractivity contribution < 1.29 is 9.84 Å². The molecular weight excluding hydrogens is 285 g/mol. The van der Waals surface area contributed by atoms with Gasteiger partial charge in [-0.2, -0.15) is 0 Å². The van der Waals surface area contributed by atoms with Crippen LogP contribution in [0.15, 0.2) is 0 Å². The van der Waals surface area contributed by atoms with Crippen LogP contribution in [0.3, 0.4) is 0 Å². The lowest BCUT2D eigenvalue weighted by atomic mass is 10.3. The summed E-state index contributed by atoms with van der Waals surface area (Å²) in [6.45, 7) is 0.768. The molecule has 6 heteroatoms. The third-order valence-corrected chi connectivity index (χ3v) is 2.21. The molecule has 80 valence electrons. The highest BCUT2D eigenvalue weighted by molar-refractivity contribution is 14.1. The van der Waals surface area contributed by atoms with E-state index < -0.39 is 9.90 Å². The lowest BCUT2D eigenvalue weighted by molar-refractivity contribution is 0.0218. The Bertz CT molecular complexity index is 123. The number of ether oxygens (including phenoxy) is 1. The van der Waals surface area contributed by atoms with E-state index in [0.29, 0.717) is 13.2 Å². The van der Waals surface area contributed by atoms with Gasteiger partial charge in [0.15, 0.2) is 0 Å². The van der Waals surface area contributed by atoms with Crippen LogP contribution in [-0.2, 0) is 4.74 Å². The van der Waals surface area contributed by atoms with Gasteiger partial charge in [-0.3, -0.25) is 16.0 Å². The molecule has 1 atom stereocenters. The van der Waals surface area contributed by atoms with Crippen LogP contribution in [0.4, 0.5) is 0 Å². The first kappa shape index (κ1) is 13.5. The van der Waals surface area contributed by atoms with Crippen LogP contribution in [0.2, 0.25) is 0 Å². The Morgan fingerprint density at radius 1 is 1.31 bits per heavy atom. The maximum absolute atomic E-state index is 8.97. The third-order valence-electron chi connectivity index (χ3n) is 1.85. The molecule has 0 bridgehead atoms. The van der Waals surface area contributed by atoms with E-state index in [0.717, 1.165) is 0 Å². The quantitative estimate of drug-likeness (QED) is 0.278. The Morgan fingerprint density at radius 2 is 1.77 bits per heavy atom. The topological polar surface area (TPSA) is 65.5 Å². The van der Waals surface area contributed by atoms with Gasteiger partial charge in [0.05, 0.1) is 13.2 Å². The highest BCUT2D eigenvalue weighted by atomic mass is 127. The van der Waals surface area contributed by atoms with Crippen molar-refractivity contribution in [3.05, 3.63) is 0 Å². The summed E-state index contributed by atoms with van der Waals surface area (Å²) in [6, 6.07) is 0. The molecule has 0 aliphatic heterocycles. The molecule has 4 N–H and O–H groups in total. The lowest BCUT2D eigenvalue weighted by Gasteiger charge is -2.32. The second-order valence-corrected chi connectivity index (χ2v) is 4.04. The summed E-state index contributed by atoms with van der Waals surface area (Å²) in [6.07, 6.45) is 0. The van der Waals surface area contributed by atoms with Crippen molar-refractivity contribution in [1.82, 2.24) is 16.0 Å². The van der Waals surface area contributed by atoms with Gasteiger partial charge in [-0.15, -0.1) is 0 Å². The van der Waals surface area contributed by atoms with Crippen molar-refractivity contribution in [2.45, 2.75) is 9.90 Å². The van der Waals surface area contributed by atoms with Gasteiger partial charge in [-0.1, -0.05) is 0 Å². The second-order valence-electron chi connectivity index (χ2n) is 2.60. The minimum atomic E-state index is -0.458. The monoisotopic (exact) mass is 303 g/mol. The summed E-state index contributed by atoms with van der Waals surface area (Å²) in [4.78, 5) is 0. The maximum Gasteiger partial charge on any atom is 0.147 e. The van der Waals surface area contributed by atoms with Crippen molar-refractivity contribution in [3.63, 3.8) is 0 Å². The summed E-state index contributed by atoms with van der Waals surface area (Å²) < 4.78 is 4.83. The zero-order valence-corrected chi connectivity index (χ0v) is 10.4. The van der Waals surface area contributed by atoms with Gasteiger partial charge in [0.2, 0.25) is 0 Å². The molecule has 0 saturated carbocycles. The average molecular weight is 303 g/mol. The van der Waals surface area contributed by atoms with E-state index in [2.05, 4.69) is 16.0 Å². The molecule has 0 aliphatic rings. The molecule has 13 heavy (non-hydrogen) atoms. The van der Waals surface area contributed by atoms with Crippen molar-refractivity contribution in [2.24, 2.45) is 0 Å². The van der Waals surface area contributed by atoms with Gasteiger partial charge < -0.3 is 9.84 Å². The summed E-state index contributed by atoms with van der Waals surface area (Å²) in [5.74, 6) is -0.425. The first-order valence-electron chi connectivity index (χ1n) is 4.07. The highest BCUT2D eigenvalue weighted by Gasteiger charge is 2.23. The van der Waals surface area contributed by atoms with Gasteiger partial charge in [-0.25, -0.2) is 0 Å². The summed E-state index contributed by atoms with van der Waals surface area (Å²) >= 11 is 1.90. The van der Waals surface area contributed by atoms with E-state index in [1.54, 1.807) is 0 Å². The first-order valence-corrected chi connectivity index (χ1v) is 5.31. The molecule has 5 nitrogen and oxygen atoms in total. The number of likely N-dealkylation sites (N-methyl/N-ethyl adjacent to an activating group) is 3. The summed E-state index contributed by atoms with van der Waals surface area (Å²) in [5, 5.41) is 18.1. The fraction of sp³-hybridized carbons (Fsp3) is 1.00. The predicted molar refractivity (Wildman–Crippen MR) is 60.8 cm³/mol. The first-order chi connectivity index (χ1) is 6.10. The van der Waals surface area contributed by atoms with Crippen LogP contribution in [0.25, 0.3) is 0 Å². The van der Waals surface area contributed by atoms with E-state index in [4.69, 9.17) is 9.84 Å². The molecule has 0 aliphatic carbocycles. The number of alkyl halides is 1. The van der Waals surface area contributed by atoms with Gasteiger partial charge in [-0.05, 0) is 43.7 Å². The van der Waals surface area contributed by atoms with Crippen LogP contribution in [-0.4, -0.2) is 49.4 Å². The third kappa shape index (κ3) is 5.08. The Hall–Kier alpha value is 0.530. The minimum Gasteiger partial charge on any atom is -0.380 e. The molecule has 0 aromatic heterocycles. The standard InChI is InChI=1S/C7H18IN3O2/c1-9-7(10-2,11-3)5-13-4-6(8)12/h6,9-12H,4-5H2,1-3H3. The molecule has 0 amide bonds. The van der Waals surface area contributed by atoms with E-state index >= 15 is 0 Å². The SMILES string of the molecule is CNC(COCC(O)I)(NC)NC. The van der Waals surface area contributed by atoms with Gasteiger partial charge in [0.1, 0.15) is 9.90 Å². The van der Waals surface area contributed by atoms with E-state index in [-0.39, 0.29) is 0 Å². The van der Waals surface area contributed by atoms with Crippen molar-refractivity contribution >= 4 is 22.6 Å². The van der Waals surface area contributed by atoms with E-state index in [9.17, 15) is 0 Å². The van der Waals surface area contributed by atoms with Crippen LogP contribution in [0, 0.1) is 0 Å². The fourth-order valence-corrected chi connectivity index (χ4v) is 1.16. The van der Waals surface area contributed by atoms with Gasteiger partial charge in [0, 0.05) is 0 Å². The van der Waals surface area contributed by atoms with Crippen molar-refractivity contribution in [2.75, 3.05) is 34.4 Å². The number of hydrogen-bond donors (Lipinski definition) is 4. The summed E-state index contributed by atoms with van der Waals surface area (Å²) in [7, 11) is 5.49. The van der Waals surface area contributed by atoms with Crippen LogP contribution < -0.4 is 16.0 Å². The van der Waals surface area contributed by atoms with Gasteiger partial charge in [0.25, 0.3) is 0 Å². The fourth-order valence-electron chi connectivity index (χ4n) is 0.901. The second kappa shape index (κ2) is 6.91. The smallest absolute Gasteiger partial charge is 0.147 e. The molecule has 0 saturated heterocycles. The van der Waals surface area contributed by atoms with Crippen LogP contribution in [0.5, 0.6) is 0 Å². The average Bonchev–Trinajstić information content (AvgIpc) is 2.13. The molecular formula is C7H18IN3O2. The molecule has 0 radical (unpaired) electrons. The number of aliphatic hydroxyl groups excluding tert-OH is 1. The zero-order valence-electron chi connectivity index (χ0n) is 8.22.